The fourth-order valence-corrected chi connectivity index (χ4v) is 2.77. The normalized spacial score (nSPS) is 10.8. The van der Waals surface area contributed by atoms with Gasteiger partial charge in [0.25, 0.3) is 5.56 Å². The first-order valence-corrected chi connectivity index (χ1v) is 5.78. The minimum absolute atomic E-state index is 0.0538. The molecule has 0 unspecified atom stereocenters. The third-order valence-corrected chi connectivity index (χ3v) is 3.96. The summed E-state index contributed by atoms with van der Waals surface area (Å²) in [5.41, 5.74) is 4.85. The number of nitrogens with two attached hydrogens (primary N) is 1. The molecule has 0 bridgehead atoms. The first kappa shape index (κ1) is 12.4. The Morgan fingerprint density at radius 2 is 1.89 bits per heavy atom. The lowest BCUT2D eigenvalue weighted by atomic mass is 10.3. The summed E-state index contributed by atoms with van der Waals surface area (Å²) >= 11 is 0.970. The van der Waals surface area contributed by atoms with E-state index in [1.54, 1.807) is 0 Å². The van der Waals surface area contributed by atoms with Crippen molar-refractivity contribution in [3.8, 4) is 0 Å². The summed E-state index contributed by atoms with van der Waals surface area (Å²) in [6, 6.07) is 0. The second kappa shape index (κ2) is 3.98. The summed E-state index contributed by atoms with van der Waals surface area (Å²) < 4.78 is 6.81. The van der Waals surface area contributed by atoms with Crippen molar-refractivity contribution in [2.45, 2.75) is 0 Å². The maximum atomic E-state index is 12.0. The Balaban J connectivity index is 3.03. The van der Waals surface area contributed by atoms with Crippen molar-refractivity contribution < 1.29 is 9.53 Å². The Labute approximate surface area is 105 Å². The van der Waals surface area contributed by atoms with Crippen LogP contribution in [0.5, 0.6) is 0 Å². The van der Waals surface area contributed by atoms with Gasteiger partial charge in [-0.25, -0.2) is 9.59 Å². The molecule has 0 saturated carbocycles. The number of esters is 1. The molecule has 2 rings (SSSR count). The number of ether oxygens (including phenoxy) is 1. The molecule has 0 spiro atoms. The van der Waals surface area contributed by atoms with Crippen molar-refractivity contribution in [3.05, 3.63) is 25.7 Å². The molecule has 0 amide bonds. The third kappa shape index (κ3) is 1.46. The van der Waals surface area contributed by atoms with Gasteiger partial charge in [-0.15, -0.1) is 11.3 Å². The van der Waals surface area contributed by atoms with E-state index in [-0.39, 0.29) is 16.0 Å². The Morgan fingerprint density at radius 1 is 1.28 bits per heavy atom. The fourth-order valence-electron chi connectivity index (χ4n) is 1.69. The monoisotopic (exact) mass is 269 g/mol. The van der Waals surface area contributed by atoms with Crippen LogP contribution in [0.15, 0.2) is 9.59 Å². The zero-order valence-electron chi connectivity index (χ0n) is 10.0. The largest absolute Gasteiger partial charge is 0.465 e. The Bertz CT molecular complexity index is 768. The standard InChI is InChI=1S/C10H11N3O4S/c1-12-7(14)4-5(11)6(9(15)17-3)18-8(4)13(2)10(12)16/h11H2,1-3H3. The smallest absolute Gasteiger partial charge is 0.350 e. The molecule has 0 aromatic carbocycles. The molecule has 8 heteroatoms. The molecule has 7 nitrogen and oxygen atoms in total. The third-order valence-electron chi connectivity index (χ3n) is 2.69. The highest BCUT2D eigenvalue weighted by molar-refractivity contribution is 7.21. The first-order chi connectivity index (χ1) is 8.40. The van der Waals surface area contributed by atoms with Crippen molar-refractivity contribution in [2.24, 2.45) is 14.1 Å². The van der Waals surface area contributed by atoms with Crippen LogP contribution in [0.2, 0.25) is 0 Å². The lowest BCUT2D eigenvalue weighted by Crippen LogP contribution is -2.36. The van der Waals surface area contributed by atoms with Gasteiger partial charge < -0.3 is 10.5 Å². The maximum Gasteiger partial charge on any atom is 0.350 e. The van der Waals surface area contributed by atoms with Gasteiger partial charge in [0.15, 0.2) is 0 Å². The van der Waals surface area contributed by atoms with Gasteiger partial charge in [0.05, 0.1) is 18.2 Å². The van der Waals surface area contributed by atoms with Crippen molar-refractivity contribution in [1.29, 1.82) is 0 Å². The van der Waals surface area contributed by atoms with Crippen LogP contribution in [-0.2, 0) is 18.8 Å². The van der Waals surface area contributed by atoms with Crippen LogP contribution in [0.3, 0.4) is 0 Å². The van der Waals surface area contributed by atoms with Gasteiger partial charge in [0.2, 0.25) is 0 Å². The second-order valence-electron chi connectivity index (χ2n) is 3.72. The number of anilines is 1. The number of thiophene rings is 1. The van der Waals surface area contributed by atoms with E-state index in [1.165, 1.54) is 25.8 Å². The molecule has 0 atom stereocenters. The molecule has 0 aliphatic rings. The van der Waals surface area contributed by atoms with Gasteiger partial charge in [0.1, 0.15) is 9.71 Å². The molecule has 18 heavy (non-hydrogen) atoms. The molecule has 2 aromatic heterocycles. The molecule has 0 aliphatic carbocycles. The number of aryl methyl sites for hydroxylation is 1. The number of nitrogens with zero attached hydrogens (tertiary/aromatic N) is 2. The van der Waals surface area contributed by atoms with E-state index in [9.17, 15) is 14.4 Å². The summed E-state index contributed by atoms with van der Waals surface area (Å²) in [7, 11) is 4.10. The SMILES string of the molecule is COC(=O)c1sc2c(c1N)c(=O)n(C)c(=O)n2C. The van der Waals surface area contributed by atoms with Crippen molar-refractivity contribution in [1.82, 2.24) is 9.13 Å². The number of nitrogen functional groups attached to an aromatic ring is 1. The molecule has 0 radical (unpaired) electrons. The van der Waals surface area contributed by atoms with Crippen LogP contribution in [0.4, 0.5) is 5.69 Å². The highest BCUT2D eigenvalue weighted by Crippen LogP contribution is 2.30. The predicted molar refractivity (Wildman–Crippen MR) is 68.1 cm³/mol. The topological polar surface area (TPSA) is 96.3 Å². The lowest BCUT2D eigenvalue weighted by Gasteiger charge is -2.02. The minimum Gasteiger partial charge on any atom is -0.465 e. The Hall–Kier alpha value is -2.09. The number of rotatable bonds is 1. The lowest BCUT2D eigenvalue weighted by molar-refractivity contribution is 0.0607. The average Bonchev–Trinajstić information content (AvgIpc) is 2.71. The van der Waals surface area contributed by atoms with E-state index in [0.29, 0.717) is 4.83 Å². The van der Waals surface area contributed by atoms with Gasteiger partial charge in [-0.2, -0.15) is 0 Å². The summed E-state index contributed by atoms with van der Waals surface area (Å²) in [5.74, 6) is -0.622. The number of hydrogen-bond acceptors (Lipinski definition) is 6. The number of carbonyl (C=O) groups is 1. The number of fused-ring (bicyclic) bond motifs is 1. The van der Waals surface area contributed by atoms with E-state index in [1.807, 2.05) is 0 Å². The average molecular weight is 269 g/mol. The van der Waals surface area contributed by atoms with Gasteiger partial charge in [-0.05, 0) is 0 Å². The van der Waals surface area contributed by atoms with Crippen molar-refractivity contribution in [2.75, 3.05) is 12.8 Å². The zero-order valence-corrected chi connectivity index (χ0v) is 10.8. The molecular weight excluding hydrogens is 258 g/mol. The second-order valence-corrected chi connectivity index (χ2v) is 4.72. The van der Waals surface area contributed by atoms with Crippen LogP contribution in [0.1, 0.15) is 9.67 Å². The van der Waals surface area contributed by atoms with Crippen LogP contribution >= 0.6 is 11.3 Å². The molecule has 0 saturated heterocycles. The highest BCUT2D eigenvalue weighted by Gasteiger charge is 2.22. The molecule has 2 N–H and O–H groups in total. The van der Waals surface area contributed by atoms with E-state index < -0.39 is 17.2 Å². The van der Waals surface area contributed by atoms with E-state index in [0.717, 1.165) is 15.9 Å². The predicted octanol–water partition coefficient (Wildman–Crippen LogP) is -0.333. The van der Waals surface area contributed by atoms with Crippen LogP contribution < -0.4 is 17.0 Å². The maximum absolute atomic E-state index is 12.0. The van der Waals surface area contributed by atoms with Crippen LogP contribution in [-0.4, -0.2) is 22.2 Å². The van der Waals surface area contributed by atoms with E-state index >= 15 is 0 Å². The molecule has 0 fully saturated rings. The van der Waals surface area contributed by atoms with Crippen LogP contribution in [0.25, 0.3) is 10.2 Å². The molecule has 96 valence electrons. The molecule has 0 aliphatic heterocycles. The number of hydrogen-bond donors (Lipinski definition) is 1. The highest BCUT2D eigenvalue weighted by atomic mass is 32.1. The van der Waals surface area contributed by atoms with Crippen LogP contribution in [0, 0.1) is 0 Å². The zero-order chi connectivity index (χ0) is 13.6. The Kier molecular flexibility index (Phi) is 2.74. The number of methoxy groups -OCH3 is 1. The van der Waals surface area contributed by atoms with Crippen molar-refractivity contribution >= 4 is 33.2 Å². The fraction of sp³-hybridized carbons (Fsp3) is 0.300. The first-order valence-electron chi connectivity index (χ1n) is 4.96. The van der Waals surface area contributed by atoms with Gasteiger partial charge in [-0.1, -0.05) is 0 Å². The van der Waals surface area contributed by atoms with Crippen molar-refractivity contribution in [3.63, 3.8) is 0 Å². The summed E-state index contributed by atoms with van der Waals surface area (Å²) in [6.07, 6.45) is 0. The molecular formula is C10H11N3O4S. The van der Waals surface area contributed by atoms with Gasteiger partial charge in [-0.3, -0.25) is 13.9 Å². The van der Waals surface area contributed by atoms with E-state index in [4.69, 9.17) is 5.73 Å². The van der Waals surface area contributed by atoms with E-state index in [2.05, 4.69) is 4.74 Å². The minimum atomic E-state index is -0.622. The number of aromatic nitrogens is 2. The molecule has 2 heterocycles. The van der Waals surface area contributed by atoms with Gasteiger partial charge in [0, 0.05) is 14.1 Å². The summed E-state index contributed by atoms with van der Waals surface area (Å²) in [6.45, 7) is 0. The summed E-state index contributed by atoms with van der Waals surface area (Å²) in [4.78, 5) is 35.7. The quantitative estimate of drug-likeness (QED) is 0.715. The number of carbonyl (C=O) groups excluding carboxylic acids is 1. The molecule has 2 aromatic rings. The summed E-state index contributed by atoms with van der Waals surface area (Å²) in [5, 5.41) is 0.171. The Morgan fingerprint density at radius 3 is 2.44 bits per heavy atom. The van der Waals surface area contributed by atoms with Gasteiger partial charge >= 0.3 is 11.7 Å².